The van der Waals surface area contributed by atoms with E-state index >= 15 is 0 Å². The van der Waals surface area contributed by atoms with Crippen molar-refractivity contribution in [3.8, 4) is 170 Å². The van der Waals surface area contributed by atoms with Crippen molar-refractivity contribution >= 4 is 97.3 Å². The molecule has 0 radical (unpaired) electrons. The molecule has 0 amide bonds. The van der Waals surface area contributed by atoms with Crippen LogP contribution in [0.25, 0.3) is 267 Å². The molecule has 672 valence electrons. The Hall–Kier alpha value is -19.6. The average molecular weight is 1840 g/mol. The van der Waals surface area contributed by atoms with E-state index < -0.39 is 0 Å². The predicted molar refractivity (Wildman–Crippen MR) is 592 cm³/mol. The normalized spacial score (nSPS) is 11.3. The highest BCUT2D eigenvalue weighted by Crippen LogP contribution is 2.44. The van der Waals surface area contributed by atoms with Crippen molar-refractivity contribution in [1.29, 1.82) is 0 Å². The third kappa shape index (κ3) is 16.9. The fourth-order valence-electron chi connectivity index (χ4n) is 19.7. The van der Waals surface area contributed by atoms with Crippen LogP contribution in [0.3, 0.4) is 0 Å². The molecule has 144 heavy (non-hydrogen) atoms. The first-order valence-corrected chi connectivity index (χ1v) is 48.2. The summed E-state index contributed by atoms with van der Waals surface area (Å²) in [5, 5.41) is 17.3. The van der Waals surface area contributed by atoms with Gasteiger partial charge in [0.2, 0.25) is 0 Å². The summed E-state index contributed by atoms with van der Waals surface area (Å²) in [6.45, 7) is 0. The molecule has 0 bridgehead atoms. The largest absolute Gasteiger partial charge is 0.247 e. The van der Waals surface area contributed by atoms with Gasteiger partial charge in [0.15, 0.2) is 52.4 Å². The monoisotopic (exact) mass is 1840 g/mol. The Kier molecular flexibility index (Phi) is 22.8. The number of fused-ring (bicyclic) bond motifs is 12. The zero-order chi connectivity index (χ0) is 95.6. The first-order valence-electron chi connectivity index (χ1n) is 48.2. The molecule has 21 aromatic carbocycles. The van der Waals surface area contributed by atoms with E-state index in [2.05, 4.69) is 309 Å². The van der Waals surface area contributed by atoms with Gasteiger partial charge in [-0.05, 0) is 118 Å². The van der Waals surface area contributed by atoms with Gasteiger partial charge in [0.25, 0.3) is 0 Å². The molecule has 27 rings (SSSR count). The maximum atomic E-state index is 5.13. The van der Waals surface area contributed by atoms with Crippen LogP contribution in [0.2, 0.25) is 0 Å². The first kappa shape index (κ1) is 86.1. The molecule has 0 saturated heterocycles. The molecule has 0 saturated carbocycles. The number of benzene rings is 21. The SMILES string of the molecule is c1ccc(-c2nc(-c3ccccc3)nc(-c3cc4ccccc4cc3-c3ccc(-c4nc5ccccc5c5ccccc45)cc3)n2)cc1.c1ccc(-c2nc(-c3ccccc3)nc(-c3cccc4c(-c5ccc(-c6nc7ccccc7c7ccccc67)cc5)cccc34)n2)cc1.c1ccc(-c2nc(-c3ccccc3)nc(-c3cccc4cc(-c5ccc(-c6nc7ccccc7c7ccccc67)cc5)ccc34)n2)cc1. The number of nitrogens with zero attached hydrogens (tertiary/aromatic N) is 12. The zero-order valence-corrected chi connectivity index (χ0v) is 77.9. The van der Waals surface area contributed by atoms with E-state index in [-0.39, 0.29) is 0 Å². The first-order chi connectivity index (χ1) is 71.4. The van der Waals surface area contributed by atoms with E-state index in [0.29, 0.717) is 52.4 Å². The van der Waals surface area contributed by atoms with Crippen molar-refractivity contribution in [3.05, 3.63) is 510 Å². The van der Waals surface area contributed by atoms with E-state index in [9.17, 15) is 0 Å². The predicted octanol–water partition coefficient (Wildman–Crippen LogP) is 33.2. The molecule has 12 heteroatoms. The molecule has 0 aliphatic heterocycles. The summed E-state index contributed by atoms with van der Waals surface area (Å²) in [7, 11) is 0. The van der Waals surface area contributed by atoms with Crippen molar-refractivity contribution in [1.82, 2.24) is 59.8 Å². The van der Waals surface area contributed by atoms with E-state index in [0.717, 1.165) is 188 Å². The van der Waals surface area contributed by atoms with Crippen LogP contribution in [0.5, 0.6) is 0 Å². The fraction of sp³-hybridized carbons (Fsp3) is 0. The Morgan fingerprint density at radius 1 is 0.0972 bits per heavy atom. The molecule has 12 nitrogen and oxygen atoms in total. The van der Waals surface area contributed by atoms with Crippen LogP contribution < -0.4 is 0 Å². The zero-order valence-electron chi connectivity index (χ0n) is 77.9. The quantitative estimate of drug-likeness (QED) is 0.0897. The second-order valence-electron chi connectivity index (χ2n) is 35.6. The van der Waals surface area contributed by atoms with Gasteiger partial charge < -0.3 is 0 Å². The lowest BCUT2D eigenvalue weighted by atomic mass is 9.93. The van der Waals surface area contributed by atoms with Gasteiger partial charge >= 0.3 is 0 Å². The molecule has 27 aromatic rings. The lowest BCUT2D eigenvalue weighted by Crippen LogP contribution is -2.01. The second-order valence-corrected chi connectivity index (χ2v) is 35.6. The molecular weight excluding hydrogens is 1750 g/mol. The Bertz CT molecular complexity index is 9370. The smallest absolute Gasteiger partial charge is 0.164 e. The van der Waals surface area contributed by atoms with Crippen LogP contribution in [0.15, 0.2) is 510 Å². The van der Waals surface area contributed by atoms with Gasteiger partial charge in [-0.15, -0.1) is 0 Å². The highest BCUT2D eigenvalue weighted by Gasteiger charge is 2.24. The van der Waals surface area contributed by atoms with Gasteiger partial charge in [-0.3, -0.25) is 0 Å². The fourth-order valence-corrected chi connectivity index (χ4v) is 19.7. The van der Waals surface area contributed by atoms with Gasteiger partial charge in [0.1, 0.15) is 0 Å². The minimum Gasteiger partial charge on any atom is -0.247 e. The Morgan fingerprint density at radius 3 is 0.694 bits per heavy atom. The Labute approximate surface area is 830 Å². The maximum absolute atomic E-state index is 5.13. The number of hydrogen-bond donors (Lipinski definition) is 0. The van der Waals surface area contributed by atoms with Crippen LogP contribution >= 0.6 is 0 Å². The third-order valence-corrected chi connectivity index (χ3v) is 26.8. The van der Waals surface area contributed by atoms with Gasteiger partial charge in [0.05, 0.1) is 33.6 Å². The summed E-state index contributed by atoms with van der Waals surface area (Å²) in [5.41, 5.74) is 24.5. The molecular formula is C132H84N12. The summed E-state index contributed by atoms with van der Waals surface area (Å²) >= 11 is 0. The molecule has 6 heterocycles. The molecule has 0 unspecified atom stereocenters. The highest BCUT2D eigenvalue weighted by atomic mass is 15.1. The number of para-hydroxylation sites is 3. The third-order valence-electron chi connectivity index (χ3n) is 26.8. The molecule has 0 atom stereocenters. The number of rotatable bonds is 15. The number of hydrogen-bond acceptors (Lipinski definition) is 12. The van der Waals surface area contributed by atoms with E-state index in [1.807, 2.05) is 200 Å². The van der Waals surface area contributed by atoms with Crippen molar-refractivity contribution in [2.24, 2.45) is 0 Å². The molecule has 0 aliphatic rings. The summed E-state index contributed by atoms with van der Waals surface area (Å²) < 4.78 is 0. The standard InChI is InChI=1S/3C44H28N4/c1-3-13-31(14-4-1)42-46-43(32-15-5-2-6-16-32)48-44(47-42)39-23-12-21-34-33(20-11-22-35(34)39)29-25-27-30(28-26-29)41-38-19-8-7-17-36(38)37-18-9-10-24-40(37)45-41;1-3-13-31(14-4-1)42-46-43(32-15-5-2-6-16-32)48-44(47-42)39-28-34-18-8-7-17-33(34)27-38(39)29-23-25-30(26-24-29)41-37-21-10-9-19-35(37)36-20-11-12-22-40(36)45-41;1-3-12-31(13-4-1)42-46-43(32-14-5-2-6-15-32)48-44(47-42)39-20-11-16-34-28-33(26-27-35(34)39)29-22-24-30(25-23-29)41-38-19-8-7-17-36(38)37-18-9-10-21-40(37)45-41/h3*1-28H. The van der Waals surface area contributed by atoms with Gasteiger partial charge in [-0.2, -0.15) is 0 Å². The van der Waals surface area contributed by atoms with Crippen molar-refractivity contribution < 1.29 is 0 Å². The van der Waals surface area contributed by atoms with Gasteiger partial charge in [-0.25, -0.2) is 59.8 Å². The molecule has 0 N–H and O–H groups in total. The van der Waals surface area contributed by atoms with Crippen LogP contribution in [0, 0.1) is 0 Å². The number of aromatic nitrogens is 12. The summed E-state index contributed by atoms with van der Waals surface area (Å²) in [6.07, 6.45) is 0. The Morgan fingerprint density at radius 2 is 0.333 bits per heavy atom. The molecule has 6 aromatic heterocycles. The average Bonchev–Trinajstić information content (AvgIpc) is 0.765. The molecule has 0 fully saturated rings. The molecule has 0 aliphatic carbocycles. The van der Waals surface area contributed by atoms with Crippen molar-refractivity contribution in [2.45, 2.75) is 0 Å². The van der Waals surface area contributed by atoms with Crippen molar-refractivity contribution in [3.63, 3.8) is 0 Å². The minimum atomic E-state index is 0.634. The van der Waals surface area contributed by atoms with Gasteiger partial charge in [0, 0.05) is 99.1 Å². The van der Waals surface area contributed by atoms with E-state index in [1.165, 1.54) is 26.9 Å². The maximum Gasteiger partial charge on any atom is 0.164 e. The van der Waals surface area contributed by atoms with E-state index in [1.54, 1.807) is 0 Å². The summed E-state index contributed by atoms with van der Waals surface area (Å²) in [5.74, 6) is 5.83. The van der Waals surface area contributed by atoms with Crippen LogP contribution in [-0.4, -0.2) is 59.8 Å². The topological polar surface area (TPSA) is 155 Å². The van der Waals surface area contributed by atoms with Crippen molar-refractivity contribution in [2.75, 3.05) is 0 Å². The lowest BCUT2D eigenvalue weighted by molar-refractivity contribution is 1.07. The van der Waals surface area contributed by atoms with E-state index in [4.69, 9.17) is 59.8 Å². The van der Waals surface area contributed by atoms with Crippen LogP contribution in [-0.2, 0) is 0 Å². The lowest BCUT2D eigenvalue weighted by Gasteiger charge is -2.14. The van der Waals surface area contributed by atoms with Crippen LogP contribution in [0.1, 0.15) is 0 Å². The molecule has 0 spiro atoms. The second kappa shape index (κ2) is 38.1. The Balaban J connectivity index is 0.000000113. The minimum absolute atomic E-state index is 0.634. The highest BCUT2D eigenvalue weighted by molar-refractivity contribution is 6.14. The van der Waals surface area contributed by atoms with Gasteiger partial charge in [-0.1, -0.05) is 473 Å². The van der Waals surface area contributed by atoms with Crippen LogP contribution in [0.4, 0.5) is 0 Å². The summed E-state index contributed by atoms with van der Waals surface area (Å²) in [6, 6.07) is 176. The summed E-state index contributed by atoms with van der Waals surface area (Å²) in [4.78, 5) is 60.2. The number of pyridine rings is 3.